The first kappa shape index (κ1) is 12.4. The molecule has 1 unspecified atom stereocenters. The molecule has 0 aliphatic heterocycles. The Hall–Kier alpha value is -2.10. The van der Waals surface area contributed by atoms with Crippen LogP contribution in [0, 0.1) is 0 Å². The summed E-state index contributed by atoms with van der Waals surface area (Å²) >= 11 is 0. The van der Waals surface area contributed by atoms with Crippen LogP contribution in [0.3, 0.4) is 0 Å². The number of aromatic nitrogens is 1. The van der Waals surface area contributed by atoms with E-state index in [0.29, 0.717) is 6.54 Å². The number of likely N-dealkylation sites (N-methyl/N-ethyl adjacent to an activating group) is 1. The lowest BCUT2D eigenvalue weighted by Crippen LogP contribution is -2.37. The highest BCUT2D eigenvalue weighted by Gasteiger charge is 2.13. The fraction of sp³-hybridized carbons (Fsp3) is 0.286. The number of nitrogens with one attached hydrogen (secondary N) is 2. The predicted octanol–water partition coefficient (Wildman–Crippen LogP) is 2.17. The molecule has 1 atom stereocenters. The minimum absolute atomic E-state index is 0.0211. The first-order chi connectivity index (χ1) is 8.72. The zero-order valence-corrected chi connectivity index (χ0v) is 10.6. The quantitative estimate of drug-likeness (QED) is 0.865. The van der Waals surface area contributed by atoms with Gasteiger partial charge in [0, 0.05) is 18.1 Å². The Bertz CT molecular complexity index is 548. The summed E-state index contributed by atoms with van der Waals surface area (Å²) in [7, 11) is 0. The molecule has 0 aliphatic rings. The Morgan fingerprint density at radius 1 is 1.33 bits per heavy atom. The molecule has 2 rings (SSSR count). The van der Waals surface area contributed by atoms with Gasteiger partial charge in [0.15, 0.2) is 0 Å². The fourth-order valence-electron chi connectivity index (χ4n) is 1.83. The number of rotatable bonds is 4. The van der Waals surface area contributed by atoms with Gasteiger partial charge in [-0.05, 0) is 25.3 Å². The van der Waals surface area contributed by atoms with E-state index in [4.69, 9.17) is 0 Å². The van der Waals surface area contributed by atoms with Crippen LogP contribution in [0.25, 0.3) is 10.8 Å². The summed E-state index contributed by atoms with van der Waals surface area (Å²) < 4.78 is 0. The van der Waals surface area contributed by atoms with Crippen molar-refractivity contribution in [2.45, 2.75) is 19.9 Å². The van der Waals surface area contributed by atoms with Crippen molar-refractivity contribution in [1.29, 1.82) is 0 Å². The molecule has 4 nitrogen and oxygen atoms in total. The van der Waals surface area contributed by atoms with E-state index >= 15 is 0 Å². The minimum atomic E-state index is -0.303. The van der Waals surface area contributed by atoms with Crippen molar-refractivity contribution in [3.05, 3.63) is 36.5 Å². The van der Waals surface area contributed by atoms with E-state index in [9.17, 15) is 4.79 Å². The van der Waals surface area contributed by atoms with Crippen LogP contribution < -0.4 is 10.6 Å². The van der Waals surface area contributed by atoms with Gasteiger partial charge in [-0.25, -0.2) is 4.98 Å². The highest BCUT2D eigenvalue weighted by molar-refractivity contribution is 5.93. The highest BCUT2D eigenvalue weighted by atomic mass is 16.2. The molecule has 0 spiro atoms. The van der Waals surface area contributed by atoms with Gasteiger partial charge in [0.2, 0.25) is 5.91 Å². The molecular weight excluding hydrogens is 226 g/mol. The number of hydrogen-bond acceptors (Lipinski definition) is 3. The highest BCUT2D eigenvalue weighted by Crippen LogP contribution is 2.20. The number of carbonyl (C=O) groups excluding carboxylic acids is 1. The normalized spacial score (nSPS) is 12.1. The third-order valence-electron chi connectivity index (χ3n) is 2.77. The molecular formula is C14H17N3O. The lowest BCUT2D eigenvalue weighted by molar-refractivity contribution is -0.121. The predicted molar refractivity (Wildman–Crippen MR) is 73.5 cm³/mol. The van der Waals surface area contributed by atoms with Crippen molar-refractivity contribution in [3.8, 4) is 0 Å². The summed E-state index contributed by atoms with van der Waals surface area (Å²) in [5.41, 5.74) is 0. The molecule has 0 fully saturated rings. The molecule has 4 heteroatoms. The standard InChI is InChI=1S/C14H17N3O/c1-3-15-14(18)10(2)17-13-12-7-5-4-6-11(12)8-9-16-13/h4-10H,3H2,1-2H3,(H,15,18)(H,16,17). The molecule has 0 bridgehead atoms. The van der Waals surface area contributed by atoms with Crippen molar-refractivity contribution in [2.75, 3.05) is 11.9 Å². The minimum Gasteiger partial charge on any atom is -0.358 e. The zero-order chi connectivity index (χ0) is 13.0. The Labute approximate surface area is 106 Å². The van der Waals surface area contributed by atoms with E-state index in [-0.39, 0.29) is 11.9 Å². The van der Waals surface area contributed by atoms with Crippen molar-refractivity contribution in [3.63, 3.8) is 0 Å². The number of hydrogen-bond donors (Lipinski definition) is 2. The molecule has 0 radical (unpaired) electrons. The molecule has 1 aromatic carbocycles. The largest absolute Gasteiger partial charge is 0.358 e. The van der Waals surface area contributed by atoms with Crippen molar-refractivity contribution in [1.82, 2.24) is 10.3 Å². The summed E-state index contributed by atoms with van der Waals surface area (Å²) in [5, 5.41) is 8.06. The van der Waals surface area contributed by atoms with Crippen LogP contribution in [0.1, 0.15) is 13.8 Å². The fourth-order valence-corrected chi connectivity index (χ4v) is 1.83. The average molecular weight is 243 g/mol. The van der Waals surface area contributed by atoms with Gasteiger partial charge in [-0.3, -0.25) is 4.79 Å². The molecule has 1 heterocycles. The summed E-state index contributed by atoms with van der Waals surface area (Å²) in [6.45, 7) is 4.36. The molecule has 18 heavy (non-hydrogen) atoms. The smallest absolute Gasteiger partial charge is 0.242 e. The van der Waals surface area contributed by atoms with Gasteiger partial charge < -0.3 is 10.6 Å². The average Bonchev–Trinajstić information content (AvgIpc) is 2.39. The number of anilines is 1. The van der Waals surface area contributed by atoms with Crippen LogP contribution in [0.5, 0.6) is 0 Å². The van der Waals surface area contributed by atoms with Crippen molar-refractivity contribution >= 4 is 22.5 Å². The molecule has 0 saturated heterocycles. The molecule has 1 amide bonds. The number of fused-ring (bicyclic) bond motifs is 1. The van der Waals surface area contributed by atoms with Gasteiger partial charge >= 0.3 is 0 Å². The van der Waals surface area contributed by atoms with Gasteiger partial charge in [0.25, 0.3) is 0 Å². The Morgan fingerprint density at radius 2 is 2.11 bits per heavy atom. The topological polar surface area (TPSA) is 54.0 Å². The van der Waals surface area contributed by atoms with E-state index in [1.165, 1.54) is 0 Å². The molecule has 2 N–H and O–H groups in total. The number of pyridine rings is 1. The third kappa shape index (κ3) is 2.59. The first-order valence-electron chi connectivity index (χ1n) is 6.10. The van der Waals surface area contributed by atoms with Crippen LogP contribution in [0.2, 0.25) is 0 Å². The van der Waals surface area contributed by atoms with Gasteiger partial charge in [-0.1, -0.05) is 24.3 Å². The maximum atomic E-state index is 11.7. The molecule has 1 aromatic heterocycles. The van der Waals surface area contributed by atoms with Crippen LogP contribution in [-0.2, 0) is 4.79 Å². The first-order valence-corrected chi connectivity index (χ1v) is 6.10. The van der Waals surface area contributed by atoms with Gasteiger partial charge in [0.1, 0.15) is 11.9 Å². The SMILES string of the molecule is CCNC(=O)C(C)Nc1nccc2ccccc12. The second kappa shape index (κ2) is 5.49. The number of nitrogens with zero attached hydrogens (tertiary/aromatic N) is 1. The van der Waals surface area contributed by atoms with Crippen LogP contribution in [-0.4, -0.2) is 23.5 Å². The van der Waals surface area contributed by atoms with Crippen LogP contribution >= 0.6 is 0 Å². The monoisotopic (exact) mass is 243 g/mol. The molecule has 0 saturated carbocycles. The number of benzene rings is 1. The van der Waals surface area contributed by atoms with Crippen LogP contribution in [0.15, 0.2) is 36.5 Å². The maximum Gasteiger partial charge on any atom is 0.242 e. The molecule has 0 aliphatic carbocycles. The molecule has 94 valence electrons. The van der Waals surface area contributed by atoms with E-state index in [1.54, 1.807) is 6.20 Å². The summed E-state index contributed by atoms with van der Waals surface area (Å²) in [6.07, 6.45) is 1.75. The van der Waals surface area contributed by atoms with Crippen LogP contribution in [0.4, 0.5) is 5.82 Å². The van der Waals surface area contributed by atoms with Crippen molar-refractivity contribution < 1.29 is 4.79 Å². The Balaban J connectivity index is 2.24. The lowest BCUT2D eigenvalue weighted by Gasteiger charge is -2.15. The van der Waals surface area contributed by atoms with E-state index in [0.717, 1.165) is 16.6 Å². The Morgan fingerprint density at radius 3 is 2.89 bits per heavy atom. The number of carbonyl (C=O) groups is 1. The molecule has 2 aromatic rings. The second-order valence-corrected chi connectivity index (χ2v) is 4.14. The van der Waals surface area contributed by atoms with Gasteiger partial charge in [-0.15, -0.1) is 0 Å². The zero-order valence-electron chi connectivity index (χ0n) is 10.6. The van der Waals surface area contributed by atoms with E-state index in [2.05, 4.69) is 15.6 Å². The second-order valence-electron chi connectivity index (χ2n) is 4.14. The van der Waals surface area contributed by atoms with Gasteiger partial charge in [0.05, 0.1) is 0 Å². The summed E-state index contributed by atoms with van der Waals surface area (Å²) in [4.78, 5) is 16.0. The van der Waals surface area contributed by atoms with E-state index < -0.39 is 0 Å². The van der Waals surface area contributed by atoms with Gasteiger partial charge in [-0.2, -0.15) is 0 Å². The maximum absolute atomic E-state index is 11.7. The van der Waals surface area contributed by atoms with Crippen molar-refractivity contribution in [2.24, 2.45) is 0 Å². The summed E-state index contributed by atoms with van der Waals surface area (Å²) in [5.74, 6) is 0.721. The third-order valence-corrected chi connectivity index (χ3v) is 2.77. The van der Waals surface area contributed by atoms with E-state index in [1.807, 2.05) is 44.2 Å². The summed E-state index contributed by atoms with van der Waals surface area (Å²) in [6, 6.07) is 9.62. The lowest BCUT2D eigenvalue weighted by atomic mass is 10.1. The number of amides is 1. The Kier molecular flexibility index (Phi) is 3.77.